The van der Waals surface area contributed by atoms with Crippen LogP contribution in [0.1, 0.15) is 22.3 Å². The van der Waals surface area contributed by atoms with Crippen molar-refractivity contribution in [2.24, 2.45) is 5.41 Å². The fourth-order valence-electron chi connectivity index (χ4n) is 2.65. The number of alkyl halides is 3. The first-order chi connectivity index (χ1) is 10.9. The Morgan fingerprint density at radius 3 is 1.96 bits per heavy atom. The molecule has 0 aliphatic heterocycles. The van der Waals surface area contributed by atoms with Gasteiger partial charge < -0.3 is 0 Å². The molecule has 0 aromatic heterocycles. The minimum absolute atomic E-state index is 0.0580. The Bertz CT molecular complexity index is 662. The molecule has 2 aromatic rings. The van der Waals surface area contributed by atoms with Crippen LogP contribution in [0.3, 0.4) is 0 Å². The Kier molecular flexibility index (Phi) is 5.04. The number of benzene rings is 2. The lowest BCUT2D eigenvalue weighted by Gasteiger charge is -2.34. The summed E-state index contributed by atoms with van der Waals surface area (Å²) in [5.41, 5.74) is -1.98. The molecule has 0 aliphatic carbocycles. The van der Waals surface area contributed by atoms with Gasteiger partial charge in [-0.3, -0.25) is 4.79 Å². The molecule has 23 heavy (non-hydrogen) atoms. The molecule has 2 rings (SSSR count). The highest BCUT2D eigenvalue weighted by atomic mass is 19.4. The van der Waals surface area contributed by atoms with Gasteiger partial charge in [-0.15, -0.1) is 6.58 Å². The predicted octanol–water partition coefficient (Wildman–Crippen LogP) is 5.24. The van der Waals surface area contributed by atoms with Crippen molar-refractivity contribution in [2.75, 3.05) is 0 Å². The first-order valence-corrected chi connectivity index (χ1v) is 7.22. The molecular formula is C19H17F3O. The first-order valence-electron chi connectivity index (χ1n) is 7.22. The fraction of sp³-hybridized carbons (Fsp3) is 0.211. The third-order valence-electron chi connectivity index (χ3n) is 3.85. The largest absolute Gasteiger partial charge is 0.402 e. The lowest BCUT2D eigenvalue weighted by atomic mass is 9.72. The Morgan fingerprint density at radius 1 is 0.957 bits per heavy atom. The average Bonchev–Trinajstić information content (AvgIpc) is 2.54. The van der Waals surface area contributed by atoms with Gasteiger partial charge in [-0.25, -0.2) is 0 Å². The van der Waals surface area contributed by atoms with Crippen molar-refractivity contribution in [1.82, 2.24) is 0 Å². The summed E-state index contributed by atoms with van der Waals surface area (Å²) < 4.78 is 41.7. The molecule has 4 heteroatoms. The average molecular weight is 318 g/mol. The fourth-order valence-corrected chi connectivity index (χ4v) is 2.65. The molecule has 1 unspecified atom stereocenters. The second-order valence-corrected chi connectivity index (χ2v) is 5.43. The summed E-state index contributed by atoms with van der Waals surface area (Å²) in [6.45, 7) is 3.42. The Balaban J connectivity index is 2.53. The molecule has 1 atom stereocenters. The number of carbonyl (C=O) groups excluding carboxylic acids is 1. The lowest BCUT2D eigenvalue weighted by molar-refractivity contribution is -0.203. The number of ketones is 1. The lowest BCUT2D eigenvalue weighted by Crippen LogP contribution is -2.46. The number of rotatable bonds is 6. The zero-order chi connectivity index (χ0) is 16.9. The van der Waals surface area contributed by atoms with Crippen LogP contribution in [0.4, 0.5) is 13.2 Å². The second-order valence-electron chi connectivity index (χ2n) is 5.43. The van der Waals surface area contributed by atoms with Crippen molar-refractivity contribution in [2.45, 2.75) is 19.0 Å². The van der Waals surface area contributed by atoms with Gasteiger partial charge in [0.25, 0.3) is 0 Å². The van der Waals surface area contributed by atoms with E-state index in [1.54, 1.807) is 48.5 Å². The molecule has 0 radical (unpaired) electrons. The van der Waals surface area contributed by atoms with Crippen LogP contribution in [0.25, 0.3) is 0 Å². The third kappa shape index (κ3) is 3.52. The van der Waals surface area contributed by atoms with Gasteiger partial charge in [0.05, 0.1) is 0 Å². The quantitative estimate of drug-likeness (QED) is 0.526. The van der Waals surface area contributed by atoms with Gasteiger partial charge in [-0.2, -0.15) is 13.2 Å². The second kappa shape index (κ2) is 6.82. The summed E-state index contributed by atoms with van der Waals surface area (Å²) in [5.74, 6) is -0.922. The Morgan fingerprint density at radius 2 is 1.48 bits per heavy atom. The number of carbonyl (C=O) groups is 1. The molecule has 2 aromatic carbocycles. The van der Waals surface area contributed by atoms with Crippen LogP contribution in [0.15, 0.2) is 73.3 Å². The van der Waals surface area contributed by atoms with Gasteiger partial charge >= 0.3 is 6.18 Å². The van der Waals surface area contributed by atoms with Crippen molar-refractivity contribution in [1.29, 1.82) is 0 Å². The van der Waals surface area contributed by atoms with E-state index in [1.165, 1.54) is 12.1 Å². The predicted molar refractivity (Wildman–Crippen MR) is 84.2 cm³/mol. The molecular weight excluding hydrogens is 301 g/mol. The molecule has 0 N–H and O–H groups in total. The number of Topliss-reactive ketones (excluding diaryl/α,β-unsaturated/α-hetero) is 1. The highest BCUT2D eigenvalue weighted by Gasteiger charge is 2.58. The summed E-state index contributed by atoms with van der Waals surface area (Å²) >= 11 is 0. The molecule has 0 bridgehead atoms. The van der Waals surface area contributed by atoms with Crippen molar-refractivity contribution >= 4 is 5.78 Å². The molecule has 0 aliphatic rings. The summed E-state index contributed by atoms with van der Waals surface area (Å²) in [5, 5.41) is 0. The van der Waals surface area contributed by atoms with Crippen LogP contribution >= 0.6 is 0 Å². The maximum Gasteiger partial charge on any atom is 0.402 e. The third-order valence-corrected chi connectivity index (χ3v) is 3.85. The number of halogens is 3. The Hall–Kier alpha value is -2.36. The van der Waals surface area contributed by atoms with Crippen LogP contribution in [-0.4, -0.2) is 12.0 Å². The number of hydrogen-bond acceptors (Lipinski definition) is 1. The molecule has 0 heterocycles. The molecule has 0 saturated heterocycles. The molecule has 0 amide bonds. The van der Waals surface area contributed by atoms with E-state index in [1.807, 2.05) is 0 Å². The van der Waals surface area contributed by atoms with Gasteiger partial charge in [0.1, 0.15) is 5.41 Å². The summed E-state index contributed by atoms with van der Waals surface area (Å²) in [6, 6.07) is 15.9. The van der Waals surface area contributed by atoms with Crippen LogP contribution < -0.4 is 0 Å². The van der Waals surface area contributed by atoms with Gasteiger partial charge in [0.2, 0.25) is 0 Å². The zero-order valence-electron chi connectivity index (χ0n) is 12.5. The van der Waals surface area contributed by atoms with Crippen molar-refractivity contribution in [3.63, 3.8) is 0 Å². The van der Waals surface area contributed by atoms with Crippen molar-refractivity contribution in [3.8, 4) is 0 Å². The maximum absolute atomic E-state index is 13.9. The van der Waals surface area contributed by atoms with Crippen LogP contribution in [0, 0.1) is 5.41 Å². The highest BCUT2D eigenvalue weighted by Crippen LogP contribution is 2.46. The van der Waals surface area contributed by atoms with Gasteiger partial charge in [0, 0.05) is 5.56 Å². The number of hydrogen-bond donors (Lipinski definition) is 0. The highest BCUT2D eigenvalue weighted by molar-refractivity contribution is 6.01. The molecule has 0 spiro atoms. The van der Waals surface area contributed by atoms with E-state index in [-0.39, 0.29) is 5.56 Å². The Labute approximate surface area is 133 Å². The van der Waals surface area contributed by atoms with E-state index in [2.05, 4.69) is 6.58 Å². The topological polar surface area (TPSA) is 17.1 Å². The van der Waals surface area contributed by atoms with E-state index in [0.29, 0.717) is 5.56 Å². The summed E-state index contributed by atoms with van der Waals surface area (Å²) in [7, 11) is 0. The van der Waals surface area contributed by atoms with Crippen LogP contribution in [-0.2, 0) is 6.42 Å². The number of allylic oxidation sites excluding steroid dienone is 1. The van der Waals surface area contributed by atoms with E-state index < -0.39 is 30.2 Å². The molecule has 0 fully saturated rings. The SMILES string of the molecule is C=CCC(Cc1ccccc1)(C(=O)c1ccccc1)C(F)(F)F. The first kappa shape index (κ1) is 17.0. The van der Waals surface area contributed by atoms with Gasteiger partial charge in [0.15, 0.2) is 5.78 Å². The zero-order valence-corrected chi connectivity index (χ0v) is 12.5. The van der Waals surface area contributed by atoms with Crippen molar-refractivity contribution < 1.29 is 18.0 Å². The standard InChI is InChI=1S/C19H17F3O/c1-2-13-18(19(20,21)22,14-15-9-5-3-6-10-15)17(23)16-11-7-4-8-12-16/h2-12H,1,13-14H2. The van der Waals surface area contributed by atoms with Gasteiger partial charge in [-0.05, 0) is 18.4 Å². The van der Waals surface area contributed by atoms with E-state index in [4.69, 9.17) is 0 Å². The van der Waals surface area contributed by atoms with E-state index >= 15 is 0 Å². The molecule has 1 nitrogen and oxygen atoms in total. The molecule has 0 saturated carbocycles. The van der Waals surface area contributed by atoms with Crippen molar-refractivity contribution in [3.05, 3.63) is 84.4 Å². The summed E-state index contributed by atoms with van der Waals surface area (Å²) in [4.78, 5) is 12.7. The van der Waals surface area contributed by atoms with Crippen LogP contribution in [0.5, 0.6) is 0 Å². The minimum atomic E-state index is -4.68. The minimum Gasteiger partial charge on any atom is -0.293 e. The normalized spacial score (nSPS) is 14.0. The smallest absolute Gasteiger partial charge is 0.293 e. The summed E-state index contributed by atoms with van der Waals surface area (Å²) in [6.07, 6.45) is -4.38. The van der Waals surface area contributed by atoms with E-state index in [9.17, 15) is 18.0 Å². The maximum atomic E-state index is 13.9. The van der Waals surface area contributed by atoms with E-state index in [0.717, 1.165) is 6.08 Å². The van der Waals surface area contributed by atoms with Crippen LogP contribution in [0.2, 0.25) is 0 Å². The molecule has 120 valence electrons. The monoisotopic (exact) mass is 318 g/mol. The van der Waals surface area contributed by atoms with Gasteiger partial charge in [-0.1, -0.05) is 66.7 Å².